The van der Waals surface area contributed by atoms with Crippen LogP contribution in [0.25, 0.3) is 0 Å². The van der Waals surface area contributed by atoms with Crippen molar-refractivity contribution in [3.8, 4) is 5.75 Å². The molecule has 1 aliphatic heterocycles. The molecule has 2 N–H and O–H groups in total. The van der Waals surface area contributed by atoms with Gasteiger partial charge in [0.2, 0.25) is 0 Å². The molecule has 0 atom stereocenters. The van der Waals surface area contributed by atoms with Crippen molar-refractivity contribution in [1.29, 1.82) is 0 Å². The molecule has 0 spiro atoms. The van der Waals surface area contributed by atoms with Crippen molar-refractivity contribution in [3.63, 3.8) is 0 Å². The molecule has 2 rings (SSSR count). The van der Waals surface area contributed by atoms with Gasteiger partial charge in [-0.15, -0.1) is 0 Å². The van der Waals surface area contributed by atoms with Crippen LogP contribution >= 0.6 is 0 Å². The van der Waals surface area contributed by atoms with Crippen LogP contribution in [-0.4, -0.2) is 18.9 Å². The van der Waals surface area contributed by atoms with Gasteiger partial charge < -0.3 is 10.5 Å². The first-order chi connectivity index (χ1) is 7.65. The van der Waals surface area contributed by atoms with Gasteiger partial charge in [-0.1, -0.05) is 0 Å². The Morgan fingerprint density at radius 2 is 2.19 bits per heavy atom. The first-order valence-electron chi connectivity index (χ1n) is 5.02. The number of benzene rings is 1. The third-order valence-electron chi connectivity index (χ3n) is 2.53. The van der Waals surface area contributed by atoms with Crippen molar-refractivity contribution in [2.24, 2.45) is 5.73 Å². The van der Waals surface area contributed by atoms with Crippen LogP contribution in [0, 0.1) is 11.6 Å². The molecule has 0 bridgehead atoms. The summed E-state index contributed by atoms with van der Waals surface area (Å²) in [7, 11) is 0. The van der Waals surface area contributed by atoms with E-state index >= 15 is 0 Å². The van der Waals surface area contributed by atoms with E-state index < -0.39 is 17.4 Å². The number of Topliss-reactive ketones (excluding diaryl/α,β-unsaturated/α-hetero) is 1. The van der Waals surface area contributed by atoms with Gasteiger partial charge in [-0.3, -0.25) is 4.79 Å². The monoisotopic (exact) mass is 227 g/mol. The fourth-order valence-corrected chi connectivity index (χ4v) is 1.86. The zero-order chi connectivity index (χ0) is 11.7. The highest BCUT2D eigenvalue weighted by Gasteiger charge is 2.27. The minimum atomic E-state index is -0.833. The van der Waals surface area contributed by atoms with E-state index in [-0.39, 0.29) is 30.9 Å². The lowest BCUT2D eigenvalue weighted by Crippen LogP contribution is -2.12. The van der Waals surface area contributed by atoms with Gasteiger partial charge in [0.25, 0.3) is 0 Å². The van der Waals surface area contributed by atoms with Gasteiger partial charge in [0.05, 0.1) is 12.2 Å². The Balaban J connectivity index is 2.53. The number of ether oxygens (including phenoxy) is 1. The van der Waals surface area contributed by atoms with E-state index in [0.29, 0.717) is 18.1 Å². The Labute approximate surface area is 91.2 Å². The normalized spacial score (nSPS) is 13.4. The first-order valence-corrected chi connectivity index (χ1v) is 5.02. The molecule has 3 nitrogen and oxygen atoms in total. The Morgan fingerprint density at radius 1 is 1.44 bits per heavy atom. The second-order valence-corrected chi connectivity index (χ2v) is 3.58. The third-order valence-corrected chi connectivity index (χ3v) is 2.53. The molecule has 1 aliphatic rings. The SMILES string of the molecule is NCCC(=O)c1c(F)cc(F)c2c1CCO2. The summed E-state index contributed by atoms with van der Waals surface area (Å²) in [5.41, 5.74) is 5.50. The lowest BCUT2D eigenvalue weighted by atomic mass is 9.98. The van der Waals surface area contributed by atoms with Gasteiger partial charge >= 0.3 is 0 Å². The molecule has 5 heteroatoms. The summed E-state index contributed by atoms with van der Waals surface area (Å²) >= 11 is 0. The number of fused-ring (bicyclic) bond motifs is 1. The number of hydrogen-bond donors (Lipinski definition) is 1. The fraction of sp³-hybridized carbons (Fsp3) is 0.364. The summed E-state index contributed by atoms with van der Waals surface area (Å²) in [6.07, 6.45) is 0.407. The molecule has 0 aromatic heterocycles. The number of rotatable bonds is 3. The number of hydrogen-bond acceptors (Lipinski definition) is 3. The second-order valence-electron chi connectivity index (χ2n) is 3.58. The summed E-state index contributed by atoms with van der Waals surface area (Å²) in [6, 6.07) is 0.688. The van der Waals surface area contributed by atoms with Crippen LogP contribution in [0.5, 0.6) is 5.75 Å². The highest BCUT2D eigenvalue weighted by molar-refractivity contribution is 5.98. The predicted octanol–water partition coefficient (Wildman–Crippen LogP) is 1.43. The molecule has 0 unspecified atom stereocenters. The first kappa shape index (κ1) is 11.0. The van der Waals surface area contributed by atoms with Gasteiger partial charge in [0.1, 0.15) is 5.82 Å². The highest BCUT2D eigenvalue weighted by atomic mass is 19.1. The topological polar surface area (TPSA) is 52.3 Å². The van der Waals surface area contributed by atoms with Crippen molar-refractivity contribution in [2.45, 2.75) is 12.8 Å². The van der Waals surface area contributed by atoms with Crippen molar-refractivity contribution in [2.75, 3.05) is 13.2 Å². The summed E-state index contributed by atoms with van der Waals surface area (Å²) in [5.74, 6) is -1.99. The number of nitrogens with two attached hydrogens (primary N) is 1. The molecule has 1 aromatic carbocycles. The minimum absolute atomic E-state index is 0.00164. The van der Waals surface area contributed by atoms with Crippen LogP contribution in [0.2, 0.25) is 0 Å². The molecular weight excluding hydrogens is 216 g/mol. The number of ketones is 1. The number of carbonyl (C=O) groups excluding carboxylic acids is 1. The van der Waals surface area contributed by atoms with Crippen LogP contribution < -0.4 is 10.5 Å². The van der Waals surface area contributed by atoms with Gasteiger partial charge in [-0.2, -0.15) is 0 Å². The number of carbonyl (C=O) groups is 1. The smallest absolute Gasteiger partial charge is 0.168 e. The molecule has 1 aromatic rings. The molecular formula is C11H11F2NO2. The Hall–Kier alpha value is -1.49. The molecule has 86 valence electrons. The molecule has 0 fully saturated rings. The van der Waals surface area contributed by atoms with E-state index in [9.17, 15) is 13.6 Å². The summed E-state index contributed by atoms with van der Waals surface area (Å²) in [5, 5.41) is 0. The standard InChI is InChI=1S/C11H11F2NO2/c12-7-5-8(13)11-6(2-4-16-11)10(7)9(15)1-3-14/h5H,1-4,14H2. The van der Waals surface area contributed by atoms with Crippen molar-refractivity contribution < 1.29 is 18.3 Å². The maximum atomic E-state index is 13.5. The van der Waals surface area contributed by atoms with Crippen LogP contribution in [0.4, 0.5) is 8.78 Å². The quantitative estimate of drug-likeness (QED) is 0.795. The van der Waals surface area contributed by atoms with Crippen LogP contribution in [0.3, 0.4) is 0 Å². The van der Waals surface area contributed by atoms with Crippen molar-refractivity contribution in [1.82, 2.24) is 0 Å². The molecule has 0 amide bonds. The molecule has 16 heavy (non-hydrogen) atoms. The summed E-state index contributed by atoms with van der Waals surface area (Å²) in [4.78, 5) is 11.6. The van der Waals surface area contributed by atoms with Gasteiger partial charge in [0.15, 0.2) is 17.3 Å². The largest absolute Gasteiger partial charge is 0.490 e. The predicted molar refractivity (Wildman–Crippen MR) is 53.6 cm³/mol. The summed E-state index contributed by atoms with van der Waals surface area (Å²) in [6.45, 7) is 0.421. The van der Waals surface area contributed by atoms with Crippen molar-refractivity contribution >= 4 is 5.78 Å². The highest BCUT2D eigenvalue weighted by Crippen LogP contribution is 2.33. The second kappa shape index (κ2) is 4.17. The van der Waals surface area contributed by atoms with E-state index in [0.717, 1.165) is 0 Å². The van der Waals surface area contributed by atoms with Crippen LogP contribution in [0.1, 0.15) is 22.3 Å². The van der Waals surface area contributed by atoms with Gasteiger partial charge in [0, 0.05) is 24.5 Å². The zero-order valence-electron chi connectivity index (χ0n) is 8.56. The average molecular weight is 227 g/mol. The zero-order valence-corrected chi connectivity index (χ0v) is 8.56. The third kappa shape index (κ3) is 1.67. The van der Waals surface area contributed by atoms with Crippen LogP contribution in [-0.2, 0) is 6.42 Å². The average Bonchev–Trinajstić information content (AvgIpc) is 2.66. The molecule has 0 radical (unpaired) electrons. The van der Waals surface area contributed by atoms with Crippen LogP contribution in [0.15, 0.2) is 6.07 Å². The Kier molecular flexibility index (Phi) is 2.87. The van der Waals surface area contributed by atoms with E-state index in [2.05, 4.69) is 0 Å². The van der Waals surface area contributed by atoms with E-state index in [4.69, 9.17) is 10.5 Å². The molecule has 0 saturated carbocycles. The fourth-order valence-electron chi connectivity index (χ4n) is 1.86. The Morgan fingerprint density at radius 3 is 2.88 bits per heavy atom. The Bertz CT molecular complexity index is 446. The lowest BCUT2D eigenvalue weighted by molar-refractivity contribution is 0.0980. The van der Waals surface area contributed by atoms with E-state index in [1.807, 2.05) is 0 Å². The maximum absolute atomic E-state index is 13.5. The molecule has 0 aliphatic carbocycles. The number of halogens is 2. The minimum Gasteiger partial charge on any atom is -0.490 e. The maximum Gasteiger partial charge on any atom is 0.168 e. The van der Waals surface area contributed by atoms with Gasteiger partial charge in [-0.05, 0) is 6.54 Å². The van der Waals surface area contributed by atoms with E-state index in [1.165, 1.54) is 0 Å². The van der Waals surface area contributed by atoms with Crippen molar-refractivity contribution in [3.05, 3.63) is 28.8 Å². The molecule has 0 saturated heterocycles. The lowest BCUT2D eigenvalue weighted by Gasteiger charge is -2.08. The summed E-state index contributed by atoms with van der Waals surface area (Å²) < 4.78 is 31.8. The molecule has 1 heterocycles. The van der Waals surface area contributed by atoms with Gasteiger partial charge in [-0.25, -0.2) is 8.78 Å². The van der Waals surface area contributed by atoms with E-state index in [1.54, 1.807) is 0 Å².